The lowest BCUT2D eigenvalue weighted by molar-refractivity contribution is -0.120. The van der Waals surface area contributed by atoms with Gasteiger partial charge in [-0.2, -0.15) is 0 Å². The van der Waals surface area contributed by atoms with Gasteiger partial charge in [0.2, 0.25) is 5.91 Å². The van der Waals surface area contributed by atoms with E-state index in [-0.39, 0.29) is 6.42 Å². The van der Waals surface area contributed by atoms with Gasteiger partial charge in [-0.3, -0.25) is 9.36 Å². The molecule has 2 atom stereocenters. The molecule has 0 radical (unpaired) electrons. The van der Waals surface area contributed by atoms with Gasteiger partial charge >= 0.3 is 7.60 Å². The fraction of sp³-hybridized carbons (Fsp3) is 0.625. The molecule has 6 heteroatoms. The molecule has 0 aromatic rings. The SMILES string of the molecule is CC=CC(C)C/C(C)=C/CC/C(C)=C/CC/C(C)=C/CNC(=O)C(CC)P(=O)(O)O. The zero-order valence-corrected chi connectivity index (χ0v) is 20.5. The third-order valence-corrected chi connectivity index (χ3v) is 6.46. The first-order valence-corrected chi connectivity index (χ1v) is 12.6. The Kier molecular flexibility index (Phi) is 14.7. The summed E-state index contributed by atoms with van der Waals surface area (Å²) in [4.78, 5) is 30.3. The Hall–Kier alpha value is -1.42. The van der Waals surface area contributed by atoms with Gasteiger partial charge in [-0.15, -0.1) is 0 Å². The summed E-state index contributed by atoms with van der Waals surface area (Å²) in [5.41, 5.74) is 2.71. The van der Waals surface area contributed by atoms with Crippen LogP contribution in [-0.4, -0.2) is 27.9 Å². The molecule has 0 aliphatic heterocycles. The van der Waals surface area contributed by atoms with Crippen LogP contribution >= 0.6 is 7.60 Å². The molecule has 0 aromatic heterocycles. The molecule has 0 fully saturated rings. The predicted molar refractivity (Wildman–Crippen MR) is 127 cm³/mol. The van der Waals surface area contributed by atoms with E-state index in [1.165, 1.54) is 11.1 Å². The molecule has 0 spiro atoms. The van der Waals surface area contributed by atoms with E-state index in [4.69, 9.17) is 0 Å². The van der Waals surface area contributed by atoms with Gasteiger partial charge in [0, 0.05) is 6.54 Å². The van der Waals surface area contributed by atoms with E-state index in [0.29, 0.717) is 12.5 Å². The number of hydrogen-bond acceptors (Lipinski definition) is 2. The van der Waals surface area contributed by atoms with E-state index in [0.717, 1.165) is 37.7 Å². The molecule has 172 valence electrons. The van der Waals surface area contributed by atoms with Gasteiger partial charge in [0.05, 0.1) is 0 Å². The van der Waals surface area contributed by atoms with E-state index >= 15 is 0 Å². The Bertz CT molecular complexity index is 685. The van der Waals surface area contributed by atoms with Gasteiger partial charge in [0.25, 0.3) is 0 Å². The molecule has 2 unspecified atom stereocenters. The summed E-state index contributed by atoms with van der Waals surface area (Å²) in [6, 6.07) is 0. The second-order valence-electron chi connectivity index (χ2n) is 8.19. The van der Waals surface area contributed by atoms with Crippen LogP contribution in [0, 0.1) is 5.92 Å². The van der Waals surface area contributed by atoms with Crippen molar-refractivity contribution in [3.05, 3.63) is 47.1 Å². The van der Waals surface area contributed by atoms with E-state index in [9.17, 15) is 19.1 Å². The summed E-state index contributed by atoms with van der Waals surface area (Å²) in [5, 5.41) is 2.60. The highest BCUT2D eigenvalue weighted by Gasteiger charge is 2.33. The largest absolute Gasteiger partial charge is 0.352 e. The maximum Gasteiger partial charge on any atom is 0.337 e. The maximum absolute atomic E-state index is 11.9. The number of carbonyl (C=O) groups is 1. The van der Waals surface area contributed by atoms with Crippen molar-refractivity contribution in [1.29, 1.82) is 0 Å². The molecule has 0 aliphatic carbocycles. The Balaban J connectivity index is 4.29. The maximum atomic E-state index is 11.9. The Labute approximate surface area is 183 Å². The molecule has 0 bridgehead atoms. The topological polar surface area (TPSA) is 86.6 Å². The number of nitrogens with one attached hydrogen (secondary N) is 1. The molecule has 0 heterocycles. The van der Waals surface area contributed by atoms with Gasteiger partial charge in [-0.05, 0) is 72.1 Å². The number of carbonyl (C=O) groups excluding carboxylic acids is 1. The molecule has 30 heavy (non-hydrogen) atoms. The molecule has 5 nitrogen and oxygen atoms in total. The van der Waals surface area contributed by atoms with Crippen LogP contribution in [0.2, 0.25) is 0 Å². The van der Waals surface area contributed by atoms with Crippen LogP contribution in [-0.2, 0) is 9.36 Å². The Morgan fingerprint density at radius 1 is 1.00 bits per heavy atom. The standard InChI is InChI=1S/C24H42NO4P/c1-7-11-21(5)18-22(6)15-10-13-19(3)12-9-14-20(4)16-17-25-24(26)23(8-2)30(27,28)29/h7,11-12,15-16,21,23H,8-10,13-14,17-18H2,1-6H3,(H,25,26)(H2,27,28,29)/b11-7?,19-12+,20-16+,22-15+. The van der Waals surface area contributed by atoms with Crippen LogP contribution in [0.1, 0.15) is 80.1 Å². The van der Waals surface area contributed by atoms with Gasteiger partial charge in [0.15, 0.2) is 0 Å². The quantitative estimate of drug-likeness (QED) is 0.227. The van der Waals surface area contributed by atoms with Crippen molar-refractivity contribution in [3.8, 4) is 0 Å². The molecule has 0 aliphatic rings. The highest BCUT2D eigenvalue weighted by Crippen LogP contribution is 2.42. The van der Waals surface area contributed by atoms with Crippen LogP contribution in [0.5, 0.6) is 0 Å². The molecular weight excluding hydrogens is 397 g/mol. The minimum Gasteiger partial charge on any atom is -0.352 e. The summed E-state index contributed by atoms with van der Waals surface area (Å²) >= 11 is 0. The second kappa shape index (κ2) is 15.4. The minimum absolute atomic E-state index is 0.117. The number of rotatable bonds is 14. The van der Waals surface area contributed by atoms with Crippen molar-refractivity contribution < 1.29 is 19.1 Å². The molecule has 3 N–H and O–H groups in total. The van der Waals surface area contributed by atoms with Gasteiger partial charge in [-0.25, -0.2) is 0 Å². The minimum atomic E-state index is -4.40. The molecule has 0 saturated heterocycles. The van der Waals surface area contributed by atoms with Crippen molar-refractivity contribution in [1.82, 2.24) is 5.32 Å². The summed E-state index contributed by atoms with van der Waals surface area (Å²) in [6.07, 6.45) is 16.1. The third-order valence-electron chi connectivity index (χ3n) is 5.05. The third kappa shape index (κ3) is 13.7. The summed E-state index contributed by atoms with van der Waals surface area (Å²) in [7, 11) is -4.40. The lowest BCUT2D eigenvalue weighted by atomic mass is 10.00. The number of hydrogen-bond donors (Lipinski definition) is 3. The van der Waals surface area contributed by atoms with Gasteiger partial charge < -0.3 is 15.1 Å². The number of allylic oxidation sites excluding steroid dienone is 7. The summed E-state index contributed by atoms with van der Waals surface area (Å²) < 4.78 is 11.3. The molecular formula is C24H42NO4P. The van der Waals surface area contributed by atoms with E-state index in [2.05, 4.69) is 57.3 Å². The average Bonchev–Trinajstić information content (AvgIpc) is 2.61. The van der Waals surface area contributed by atoms with E-state index in [1.807, 2.05) is 13.0 Å². The van der Waals surface area contributed by atoms with Crippen molar-refractivity contribution in [3.63, 3.8) is 0 Å². The van der Waals surface area contributed by atoms with Crippen molar-refractivity contribution >= 4 is 13.5 Å². The predicted octanol–water partition coefficient (Wildman–Crippen LogP) is 6.06. The molecule has 0 aromatic carbocycles. The molecule has 1 amide bonds. The van der Waals surface area contributed by atoms with Crippen LogP contribution < -0.4 is 5.32 Å². The van der Waals surface area contributed by atoms with E-state index in [1.54, 1.807) is 6.92 Å². The average molecular weight is 440 g/mol. The first-order valence-electron chi connectivity index (χ1n) is 10.9. The van der Waals surface area contributed by atoms with Crippen LogP contribution in [0.3, 0.4) is 0 Å². The van der Waals surface area contributed by atoms with Gasteiger partial charge in [-0.1, -0.05) is 60.9 Å². The first kappa shape index (κ1) is 28.6. The highest BCUT2D eigenvalue weighted by molar-refractivity contribution is 7.53. The zero-order valence-electron chi connectivity index (χ0n) is 19.6. The summed E-state index contributed by atoms with van der Waals surface area (Å²) in [5.74, 6) is 0.00108. The lowest BCUT2D eigenvalue weighted by Gasteiger charge is -2.15. The Morgan fingerprint density at radius 2 is 1.53 bits per heavy atom. The summed E-state index contributed by atoms with van der Waals surface area (Å²) in [6.45, 7) is 12.6. The highest BCUT2D eigenvalue weighted by atomic mass is 31.2. The molecule has 0 saturated carbocycles. The zero-order chi connectivity index (χ0) is 23.2. The Morgan fingerprint density at radius 3 is 2.03 bits per heavy atom. The number of amides is 1. The van der Waals surface area contributed by atoms with E-state index < -0.39 is 19.2 Å². The smallest absolute Gasteiger partial charge is 0.337 e. The van der Waals surface area contributed by atoms with Gasteiger partial charge in [0.1, 0.15) is 5.66 Å². The van der Waals surface area contributed by atoms with Crippen LogP contribution in [0.4, 0.5) is 0 Å². The fourth-order valence-electron chi connectivity index (χ4n) is 3.30. The molecule has 0 rings (SSSR count). The monoisotopic (exact) mass is 439 g/mol. The van der Waals surface area contributed by atoms with Crippen molar-refractivity contribution in [2.24, 2.45) is 5.92 Å². The van der Waals surface area contributed by atoms with Crippen LogP contribution in [0.15, 0.2) is 47.1 Å². The first-order chi connectivity index (χ1) is 14.0. The second-order valence-corrected chi connectivity index (χ2v) is 10.00. The van der Waals surface area contributed by atoms with Crippen LogP contribution in [0.25, 0.3) is 0 Å². The van der Waals surface area contributed by atoms with Crippen molar-refractivity contribution in [2.75, 3.05) is 6.54 Å². The normalized spacial score (nSPS) is 16.1. The fourth-order valence-corrected chi connectivity index (χ4v) is 4.18. The van der Waals surface area contributed by atoms with Crippen molar-refractivity contribution in [2.45, 2.75) is 85.7 Å². The lowest BCUT2D eigenvalue weighted by Crippen LogP contribution is -2.34.